The van der Waals surface area contributed by atoms with E-state index in [4.69, 9.17) is 10.8 Å². The minimum atomic E-state index is -0.0847. The van der Waals surface area contributed by atoms with Gasteiger partial charge in [0.15, 0.2) is 0 Å². The smallest absolute Gasteiger partial charge is 0.148 e. The molecule has 2 heterocycles. The van der Waals surface area contributed by atoms with E-state index in [0.29, 0.717) is 0 Å². The molecule has 0 spiro atoms. The number of nitrogen functional groups attached to an aromatic ring is 1. The van der Waals surface area contributed by atoms with Crippen LogP contribution in [0.3, 0.4) is 0 Å². The van der Waals surface area contributed by atoms with E-state index < -0.39 is 0 Å². The average Bonchev–Trinajstić information content (AvgIpc) is 2.38. The minimum absolute atomic E-state index is 0.0847. The minimum Gasteiger partial charge on any atom is -0.355 e. The lowest BCUT2D eigenvalue weighted by atomic mass is 9.95. The number of hydrogen-bond acceptors (Lipinski definition) is 6. The van der Waals surface area contributed by atoms with Gasteiger partial charge in [-0.2, -0.15) is 11.8 Å². The molecule has 1 fully saturated rings. The van der Waals surface area contributed by atoms with Gasteiger partial charge in [0, 0.05) is 35.6 Å². The summed E-state index contributed by atoms with van der Waals surface area (Å²) in [7, 11) is 0. The Kier molecular flexibility index (Phi) is 4.20. The number of rotatable bonds is 2. The van der Waals surface area contributed by atoms with Crippen LogP contribution < -0.4 is 16.2 Å². The van der Waals surface area contributed by atoms with Gasteiger partial charge in [-0.05, 0) is 6.92 Å². The van der Waals surface area contributed by atoms with Crippen molar-refractivity contribution in [1.82, 2.24) is 9.97 Å². The van der Waals surface area contributed by atoms with Crippen molar-refractivity contribution in [3.63, 3.8) is 0 Å². The maximum Gasteiger partial charge on any atom is 0.148 e. The Balaban J connectivity index is 2.45. The van der Waals surface area contributed by atoms with Gasteiger partial charge in [0.1, 0.15) is 17.5 Å². The molecule has 0 amide bonds. The zero-order valence-electron chi connectivity index (χ0n) is 12.2. The summed E-state index contributed by atoms with van der Waals surface area (Å²) in [5.74, 6) is 10.5. The maximum absolute atomic E-state index is 5.60. The Morgan fingerprint density at radius 1 is 1.21 bits per heavy atom. The van der Waals surface area contributed by atoms with Crippen LogP contribution in [0, 0.1) is 6.92 Å². The van der Waals surface area contributed by atoms with Gasteiger partial charge in [-0.25, -0.2) is 15.8 Å². The SMILES string of the molecule is Cc1c(NN)nc(C(C)(C)C)nc1N1CCSCC1. The van der Waals surface area contributed by atoms with Crippen molar-refractivity contribution in [2.24, 2.45) is 5.84 Å². The van der Waals surface area contributed by atoms with Crippen LogP contribution in [0.25, 0.3) is 0 Å². The van der Waals surface area contributed by atoms with Gasteiger partial charge in [-0.3, -0.25) is 0 Å². The number of aromatic nitrogens is 2. The molecule has 0 aromatic carbocycles. The van der Waals surface area contributed by atoms with E-state index in [-0.39, 0.29) is 5.41 Å². The molecule has 0 radical (unpaired) electrons. The number of hydrogen-bond donors (Lipinski definition) is 2. The summed E-state index contributed by atoms with van der Waals surface area (Å²) in [6.07, 6.45) is 0. The van der Waals surface area contributed by atoms with Crippen molar-refractivity contribution in [3.05, 3.63) is 11.4 Å². The van der Waals surface area contributed by atoms with Crippen LogP contribution in [0.4, 0.5) is 11.6 Å². The molecule has 1 aliphatic rings. The van der Waals surface area contributed by atoms with Gasteiger partial charge in [0.2, 0.25) is 0 Å². The highest BCUT2D eigenvalue weighted by Crippen LogP contribution is 2.29. The lowest BCUT2D eigenvalue weighted by Crippen LogP contribution is -2.35. The molecule has 0 atom stereocenters. The third-order valence-corrected chi connectivity index (χ3v) is 4.18. The fourth-order valence-electron chi connectivity index (χ4n) is 2.06. The summed E-state index contributed by atoms with van der Waals surface area (Å²) in [5.41, 5.74) is 3.65. The monoisotopic (exact) mass is 281 g/mol. The number of nitrogens with zero attached hydrogens (tertiary/aromatic N) is 3. The molecule has 1 aliphatic heterocycles. The zero-order valence-corrected chi connectivity index (χ0v) is 13.0. The van der Waals surface area contributed by atoms with Crippen molar-refractivity contribution in [1.29, 1.82) is 0 Å². The van der Waals surface area contributed by atoms with Crippen molar-refractivity contribution in [2.75, 3.05) is 34.9 Å². The van der Waals surface area contributed by atoms with Crippen LogP contribution in [0.15, 0.2) is 0 Å². The molecule has 106 valence electrons. The number of thioether (sulfide) groups is 1. The van der Waals surface area contributed by atoms with Gasteiger partial charge in [0.05, 0.1) is 0 Å². The van der Waals surface area contributed by atoms with Gasteiger partial charge >= 0.3 is 0 Å². The summed E-state index contributed by atoms with van der Waals surface area (Å²) in [5, 5.41) is 0. The molecule has 19 heavy (non-hydrogen) atoms. The zero-order chi connectivity index (χ0) is 14.0. The first kappa shape index (κ1) is 14.4. The van der Waals surface area contributed by atoms with Gasteiger partial charge in [-0.15, -0.1) is 0 Å². The van der Waals surface area contributed by atoms with Crippen molar-refractivity contribution >= 4 is 23.4 Å². The molecule has 1 saturated heterocycles. The van der Waals surface area contributed by atoms with Crippen LogP contribution in [0.5, 0.6) is 0 Å². The summed E-state index contributed by atoms with van der Waals surface area (Å²) in [4.78, 5) is 11.7. The van der Waals surface area contributed by atoms with E-state index in [2.05, 4.69) is 36.1 Å². The fourth-order valence-corrected chi connectivity index (χ4v) is 2.97. The van der Waals surface area contributed by atoms with E-state index in [1.807, 2.05) is 18.7 Å². The Morgan fingerprint density at radius 3 is 2.37 bits per heavy atom. The topological polar surface area (TPSA) is 67.1 Å². The number of hydrazine groups is 1. The molecular weight excluding hydrogens is 258 g/mol. The Labute approximate surface area is 119 Å². The van der Waals surface area contributed by atoms with Crippen molar-refractivity contribution in [3.8, 4) is 0 Å². The molecule has 5 nitrogen and oxygen atoms in total. The molecule has 0 saturated carbocycles. The van der Waals surface area contributed by atoms with Gasteiger partial charge in [-0.1, -0.05) is 20.8 Å². The molecule has 1 aromatic heterocycles. The number of nitrogens with one attached hydrogen (secondary N) is 1. The summed E-state index contributed by atoms with van der Waals surface area (Å²) >= 11 is 1.99. The molecule has 0 bridgehead atoms. The van der Waals surface area contributed by atoms with E-state index >= 15 is 0 Å². The van der Waals surface area contributed by atoms with Crippen LogP contribution in [0.2, 0.25) is 0 Å². The van der Waals surface area contributed by atoms with E-state index in [1.54, 1.807) is 0 Å². The van der Waals surface area contributed by atoms with E-state index in [1.165, 1.54) is 0 Å². The lowest BCUT2D eigenvalue weighted by Gasteiger charge is -2.30. The first-order valence-corrected chi connectivity index (χ1v) is 7.77. The third-order valence-electron chi connectivity index (χ3n) is 3.24. The first-order valence-electron chi connectivity index (χ1n) is 6.62. The lowest BCUT2D eigenvalue weighted by molar-refractivity contribution is 0.544. The van der Waals surface area contributed by atoms with E-state index in [0.717, 1.165) is 47.6 Å². The normalized spacial score (nSPS) is 16.6. The predicted molar refractivity (Wildman–Crippen MR) is 82.8 cm³/mol. The second-order valence-electron chi connectivity index (χ2n) is 5.84. The molecule has 6 heteroatoms. The van der Waals surface area contributed by atoms with Crippen molar-refractivity contribution < 1.29 is 0 Å². The number of anilines is 2. The van der Waals surface area contributed by atoms with Crippen molar-refractivity contribution in [2.45, 2.75) is 33.1 Å². The first-order chi connectivity index (χ1) is 8.93. The quantitative estimate of drug-likeness (QED) is 0.638. The summed E-state index contributed by atoms with van der Waals surface area (Å²) in [6.45, 7) is 10.5. The van der Waals surface area contributed by atoms with Crippen LogP contribution in [-0.4, -0.2) is 34.6 Å². The second kappa shape index (κ2) is 5.54. The number of nitrogens with two attached hydrogens (primary N) is 1. The Morgan fingerprint density at radius 2 is 1.84 bits per heavy atom. The second-order valence-corrected chi connectivity index (χ2v) is 7.06. The largest absolute Gasteiger partial charge is 0.355 e. The predicted octanol–water partition coefficient (Wildman–Crippen LogP) is 1.92. The summed E-state index contributed by atoms with van der Waals surface area (Å²) < 4.78 is 0. The average molecular weight is 281 g/mol. The molecule has 2 rings (SSSR count). The fraction of sp³-hybridized carbons (Fsp3) is 0.692. The maximum atomic E-state index is 5.60. The highest BCUT2D eigenvalue weighted by molar-refractivity contribution is 7.99. The molecular formula is C13H23N5S. The highest BCUT2D eigenvalue weighted by atomic mass is 32.2. The van der Waals surface area contributed by atoms with Gasteiger partial charge in [0.25, 0.3) is 0 Å². The van der Waals surface area contributed by atoms with Crippen LogP contribution >= 0.6 is 11.8 Å². The van der Waals surface area contributed by atoms with E-state index in [9.17, 15) is 0 Å². The molecule has 0 unspecified atom stereocenters. The van der Waals surface area contributed by atoms with Crippen LogP contribution in [-0.2, 0) is 5.41 Å². The van der Waals surface area contributed by atoms with Crippen LogP contribution in [0.1, 0.15) is 32.2 Å². The highest BCUT2D eigenvalue weighted by Gasteiger charge is 2.24. The third kappa shape index (κ3) is 3.12. The molecule has 1 aromatic rings. The van der Waals surface area contributed by atoms with Gasteiger partial charge < -0.3 is 10.3 Å². The molecule has 3 N–H and O–H groups in total. The summed E-state index contributed by atoms with van der Waals surface area (Å²) in [6, 6.07) is 0. The Bertz CT molecular complexity index is 449. The molecule has 0 aliphatic carbocycles. The Hall–Kier alpha value is -1.01. The standard InChI is InChI=1S/C13H23N5S/c1-9-10(17-14)15-12(13(2,3)4)16-11(9)18-5-7-19-8-6-18/h5-8,14H2,1-4H3,(H,15,16,17).